The smallest absolute Gasteiger partial charge is 0.267 e. The van der Waals surface area contributed by atoms with Crippen molar-refractivity contribution in [2.75, 3.05) is 6.54 Å². The van der Waals surface area contributed by atoms with Crippen LogP contribution in [0.15, 0.2) is 46.4 Å². The van der Waals surface area contributed by atoms with Crippen LogP contribution in [0.25, 0.3) is 6.08 Å². The van der Waals surface area contributed by atoms with Crippen molar-refractivity contribution in [2.45, 2.75) is 32.9 Å². The fraction of sp³-hybridized carbons (Fsp3) is 0.368. The fourth-order valence-corrected chi connectivity index (χ4v) is 4.25. The molecule has 1 fully saturated rings. The maximum Gasteiger partial charge on any atom is 0.267 e. The van der Waals surface area contributed by atoms with Gasteiger partial charge in [0.1, 0.15) is 16.1 Å². The second-order valence-corrected chi connectivity index (χ2v) is 8.38. The summed E-state index contributed by atoms with van der Waals surface area (Å²) in [5.41, 5.74) is 0. The van der Waals surface area contributed by atoms with E-state index in [1.807, 2.05) is 24.6 Å². The number of thioether (sulfide) groups is 1. The van der Waals surface area contributed by atoms with E-state index in [1.54, 1.807) is 37.0 Å². The van der Waals surface area contributed by atoms with Crippen LogP contribution in [0.5, 0.6) is 0 Å². The van der Waals surface area contributed by atoms with Crippen LogP contribution < -0.4 is 5.32 Å². The van der Waals surface area contributed by atoms with Crippen LogP contribution in [0, 0.1) is 5.92 Å². The van der Waals surface area contributed by atoms with E-state index < -0.39 is 6.04 Å². The van der Waals surface area contributed by atoms with Gasteiger partial charge in [0.05, 0.1) is 17.5 Å². The molecule has 3 rings (SSSR count). The van der Waals surface area contributed by atoms with Crippen LogP contribution in [0.4, 0.5) is 0 Å². The molecule has 2 aromatic rings. The Balaban J connectivity index is 1.64. The van der Waals surface area contributed by atoms with Gasteiger partial charge in [-0.3, -0.25) is 14.5 Å². The van der Waals surface area contributed by atoms with E-state index in [2.05, 4.69) is 10.3 Å². The summed E-state index contributed by atoms with van der Waals surface area (Å²) in [5.74, 6) is 0.0273. The average Bonchev–Trinajstić information content (AvgIpc) is 3.39. The largest absolute Gasteiger partial charge is 0.465 e. The minimum absolute atomic E-state index is 0.0842. The molecule has 0 radical (unpaired) electrons. The minimum Gasteiger partial charge on any atom is -0.465 e. The van der Waals surface area contributed by atoms with Gasteiger partial charge in [-0.1, -0.05) is 37.8 Å². The number of hydrogen-bond acceptors (Lipinski definition) is 6. The molecule has 1 aliphatic rings. The van der Waals surface area contributed by atoms with Gasteiger partial charge in [0.25, 0.3) is 5.91 Å². The molecular weight excluding hydrogens is 396 g/mol. The van der Waals surface area contributed by atoms with Gasteiger partial charge in [0, 0.05) is 31.6 Å². The zero-order valence-corrected chi connectivity index (χ0v) is 17.3. The van der Waals surface area contributed by atoms with Crippen LogP contribution in [-0.4, -0.2) is 43.2 Å². The maximum atomic E-state index is 12.9. The molecule has 3 heterocycles. The normalized spacial score (nSPS) is 17.0. The third-order valence-corrected chi connectivity index (χ3v) is 5.60. The van der Waals surface area contributed by atoms with Crippen molar-refractivity contribution < 1.29 is 14.0 Å². The van der Waals surface area contributed by atoms with Crippen LogP contribution in [0.2, 0.25) is 0 Å². The standard InChI is InChI=1S/C19H22N4O3S2/c1-13(2)16(17(24)21-6-4-8-22-9-7-20-12-22)23-18(25)15(28-19(23)27)11-14-5-3-10-26-14/h3,5,7,9-13,16H,4,6,8H2,1-2H3,(H,21,24). The number of aryl methyl sites for hydroxylation is 1. The summed E-state index contributed by atoms with van der Waals surface area (Å²) < 4.78 is 7.61. The van der Waals surface area contributed by atoms with Crippen LogP contribution in [-0.2, 0) is 16.1 Å². The Morgan fingerprint density at radius 1 is 1.46 bits per heavy atom. The van der Waals surface area contributed by atoms with Crippen molar-refractivity contribution in [1.29, 1.82) is 0 Å². The van der Waals surface area contributed by atoms with E-state index in [0.717, 1.165) is 13.0 Å². The van der Waals surface area contributed by atoms with Gasteiger partial charge >= 0.3 is 0 Å². The van der Waals surface area contributed by atoms with Gasteiger partial charge in [-0.25, -0.2) is 4.98 Å². The number of carbonyl (C=O) groups is 2. The van der Waals surface area contributed by atoms with E-state index in [1.165, 1.54) is 16.7 Å². The Morgan fingerprint density at radius 3 is 2.93 bits per heavy atom. The summed E-state index contributed by atoms with van der Waals surface area (Å²) in [5, 5.41) is 2.93. The SMILES string of the molecule is CC(C)C(C(=O)NCCCn1ccnc1)N1C(=O)C(=Cc2ccco2)SC1=S. The monoisotopic (exact) mass is 418 g/mol. The van der Waals surface area contributed by atoms with Gasteiger partial charge in [0.15, 0.2) is 0 Å². The number of rotatable bonds is 8. The number of furan rings is 1. The summed E-state index contributed by atoms with van der Waals surface area (Å²) in [6, 6.07) is 2.86. The highest BCUT2D eigenvalue weighted by molar-refractivity contribution is 8.26. The van der Waals surface area contributed by atoms with Gasteiger partial charge in [-0.2, -0.15) is 0 Å². The number of amides is 2. The highest BCUT2D eigenvalue weighted by Crippen LogP contribution is 2.35. The summed E-state index contributed by atoms with van der Waals surface area (Å²) in [7, 11) is 0. The number of imidazole rings is 1. The lowest BCUT2D eigenvalue weighted by Gasteiger charge is -2.29. The number of aromatic nitrogens is 2. The first-order valence-corrected chi connectivity index (χ1v) is 10.2. The lowest BCUT2D eigenvalue weighted by atomic mass is 10.0. The predicted octanol–water partition coefficient (Wildman–Crippen LogP) is 2.91. The van der Waals surface area contributed by atoms with Crippen molar-refractivity contribution in [3.8, 4) is 0 Å². The molecule has 1 aliphatic heterocycles. The molecule has 2 amide bonds. The number of nitrogens with zero attached hydrogens (tertiary/aromatic N) is 3. The zero-order chi connectivity index (χ0) is 20.1. The summed E-state index contributed by atoms with van der Waals surface area (Å²) in [4.78, 5) is 31.6. The number of carbonyl (C=O) groups excluding carboxylic acids is 2. The Hall–Kier alpha value is -2.39. The number of thiocarbonyl (C=S) groups is 1. The van der Waals surface area contributed by atoms with Crippen LogP contribution >= 0.6 is 24.0 Å². The van der Waals surface area contributed by atoms with Gasteiger partial charge in [0.2, 0.25) is 5.91 Å². The molecule has 0 bridgehead atoms. The highest BCUT2D eigenvalue weighted by Gasteiger charge is 2.41. The molecule has 7 nitrogen and oxygen atoms in total. The van der Waals surface area contributed by atoms with Gasteiger partial charge in [-0.15, -0.1) is 0 Å². The fourth-order valence-electron chi connectivity index (χ4n) is 2.94. The Labute approximate surface area is 173 Å². The van der Waals surface area contributed by atoms with Crippen molar-refractivity contribution in [1.82, 2.24) is 19.8 Å². The second-order valence-electron chi connectivity index (χ2n) is 6.70. The molecule has 0 saturated carbocycles. The van der Waals surface area contributed by atoms with Crippen molar-refractivity contribution in [3.05, 3.63) is 47.8 Å². The molecule has 1 N–H and O–H groups in total. The molecule has 28 heavy (non-hydrogen) atoms. The summed E-state index contributed by atoms with van der Waals surface area (Å²) in [6.07, 6.45) is 9.30. The molecular formula is C19H22N4O3S2. The first-order valence-electron chi connectivity index (χ1n) is 9.01. The van der Waals surface area contributed by atoms with Crippen molar-refractivity contribution in [3.63, 3.8) is 0 Å². The lowest BCUT2D eigenvalue weighted by molar-refractivity contribution is -0.134. The molecule has 1 saturated heterocycles. The Morgan fingerprint density at radius 2 is 2.29 bits per heavy atom. The first-order chi connectivity index (χ1) is 13.5. The Bertz CT molecular complexity index is 860. The highest BCUT2D eigenvalue weighted by atomic mass is 32.2. The summed E-state index contributed by atoms with van der Waals surface area (Å²) >= 11 is 6.59. The molecule has 0 spiro atoms. The molecule has 2 aromatic heterocycles. The number of hydrogen-bond donors (Lipinski definition) is 1. The first kappa shape index (κ1) is 20.3. The molecule has 9 heteroatoms. The van der Waals surface area contributed by atoms with Crippen LogP contribution in [0.1, 0.15) is 26.0 Å². The van der Waals surface area contributed by atoms with E-state index in [4.69, 9.17) is 16.6 Å². The number of nitrogens with one attached hydrogen (secondary N) is 1. The van der Waals surface area contributed by atoms with E-state index in [9.17, 15) is 9.59 Å². The zero-order valence-electron chi connectivity index (χ0n) is 15.7. The van der Waals surface area contributed by atoms with E-state index in [-0.39, 0.29) is 17.7 Å². The predicted molar refractivity (Wildman–Crippen MR) is 112 cm³/mol. The molecule has 148 valence electrons. The Kier molecular flexibility index (Phi) is 6.69. The van der Waals surface area contributed by atoms with E-state index >= 15 is 0 Å². The molecule has 0 aromatic carbocycles. The lowest BCUT2D eigenvalue weighted by Crippen LogP contribution is -2.51. The van der Waals surface area contributed by atoms with Crippen LogP contribution in [0.3, 0.4) is 0 Å². The minimum atomic E-state index is -0.650. The molecule has 1 unspecified atom stereocenters. The van der Waals surface area contributed by atoms with Crippen molar-refractivity contribution in [2.24, 2.45) is 5.92 Å². The maximum absolute atomic E-state index is 12.9. The topological polar surface area (TPSA) is 80.4 Å². The molecule has 0 aliphatic carbocycles. The van der Waals surface area contributed by atoms with Crippen molar-refractivity contribution >= 4 is 46.2 Å². The van der Waals surface area contributed by atoms with E-state index in [0.29, 0.717) is 21.5 Å². The summed E-state index contributed by atoms with van der Waals surface area (Å²) in [6.45, 7) is 5.09. The van der Waals surface area contributed by atoms with Gasteiger partial charge < -0.3 is 14.3 Å². The second kappa shape index (κ2) is 9.20. The van der Waals surface area contributed by atoms with Gasteiger partial charge in [-0.05, 0) is 24.5 Å². The quantitative estimate of drug-likeness (QED) is 0.403. The third kappa shape index (κ3) is 4.71. The molecule has 1 atom stereocenters. The average molecular weight is 419 g/mol. The third-order valence-electron chi connectivity index (χ3n) is 4.27.